The van der Waals surface area contributed by atoms with Crippen molar-refractivity contribution in [1.29, 1.82) is 0 Å². The molecule has 0 heterocycles. The molecule has 88 valence electrons. The minimum atomic E-state index is 1.24. The zero-order chi connectivity index (χ0) is 11.7. The maximum atomic E-state index is 3.90. The van der Waals surface area contributed by atoms with Crippen molar-refractivity contribution in [3.8, 4) is 0 Å². The van der Waals surface area contributed by atoms with E-state index in [0.717, 1.165) is 0 Å². The van der Waals surface area contributed by atoms with E-state index < -0.39 is 0 Å². The third-order valence-corrected chi connectivity index (χ3v) is 3.08. The first-order valence-electron chi connectivity index (χ1n) is 6.47. The van der Waals surface area contributed by atoms with Gasteiger partial charge in [-0.1, -0.05) is 57.3 Å². The van der Waals surface area contributed by atoms with E-state index in [2.05, 4.69) is 34.3 Å². The first-order chi connectivity index (χ1) is 7.13. The third-order valence-electron chi connectivity index (χ3n) is 3.08. The summed E-state index contributed by atoms with van der Waals surface area (Å²) in [5.74, 6) is 0. The zero-order valence-electron chi connectivity index (χ0n) is 11.2. The molecule has 1 aliphatic carbocycles. The van der Waals surface area contributed by atoms with Gasteiger partial charge in [-0.25, -0.2) is 0 Å². The number of hydrogen-bond donors (Lipinski definition) is 0. The van der Waals surface area contributed by atoms with Crippen LogP contribution >= 0.6 is 0 Å². The molecule has 0 atom stereocenters. The molecule has 0 unspecified atom stereocenters. The lowest BCUT2D eigenvalue weighted by Crippen LogP contribution is -2.00. The van der Waals surface area contributed by atoms with Gasteiger partial charge in [0, 0.05) is 0 Å². The van der Waals surface area contributed by atoms with Crippen molar-refractivity contribution >= 4 is 0 Å². The van der Waals surface area contributed by atoms with Gasteiger partial charge in [-0.15, -0.1) is 0 Å². The minimum absolute atomic E-state index is 1.24. The molecule has 0 aromatic carbocycles. The highest BCUT2D eigenvalue weighted by Gasteiger charge is 2.10. The minimum Gasteiger partial charge on any atom is -0.0959 e. The molecule has 0 aromatic rings. The van der Waals surface area contributed by atoms with Crippen LogP contribution in [0.3, 0.4) is 0 Å². The van der Waals surface area contributed by atoms with Crippen molar-refractivity contribution in [3.63, 3.8) is 0 Å². The van der Waals surface area contributed by atoms with Crippen LogP contribution in [0.1, 0.15) is 72.6 Å². The topological polar surface area (TPSA) is 0 Å². The summed E-state index contributed by atoms with van der Waals surface area (Å²) in [6.45, 7) is 12.6. The summed E-state index contributed by atoms with van der Waals surface area (Å²) in [4.78, 5) is 0. The van der Waals surface area contributed by atoms with Crippen molar-refractivity contribution in [2.75, 3.05) is 0 Å². The Kier molecular flexibility index (Phi) is 8.46. The molecule has 0 spiro atoms. The quantitative estimate of drug-likeness (QED) is 0.524. The number of hydrogen-bond acceptors (Lipinski definition) is 0. The maximum absolute atomic E-state index is 3.90. The summed E-state index contributed by atoms with van der Waals surface area (Å²) in [7, 11) is 0. The summed E-state index contributed by atoms with van der Waals surface area (Å²) in [5.41, 5.74) is 4.31. The van der Waals surface area contributed by atoms with E-state index in [9.17, 15) is 0 Å². The molecule has 0 aliphatic heterocycles. The van der Waals surface area contributed by atoms with Gasteiger partial charge in [0.1, 0.15) is 0 Å². The van der Waals surface area contributed by atoms with Gasteiger partial charge >= 0.3 is 0 Å². The van der Waals surface area contributed by atoms with Crippen molar-refractivity contribution in [1.82, 2.24) is 0 Å². The fraction of sp³-hybridized carbons (Fsp3) is 0.733. The molecule has 0 heteroatoms. The molecule has 1 rings (SSSR count). The fourth-order valence-corrected chi connectivity index (χ4v) is 1.53. The second-order valence-electron chi connectivity index (χ2n) is 4.57. The Bertz CT molecular complexity index is 198. The van der Waals surface area contributed by atoms with Gasteiger partial charge in [0.25, 0.3) is 0 Å². The summed E-state index contributed by atoms with van der Waals surface area (Å²) < 4.78 is 0. The summed E-state index contributed by atoms with van der Waals surface area (Å²) in [5, 5.41) is 0. The lowest BCUT2D eigenvalue weighted by atomic mass is 9.86. The van der Waals surface area contributed by atoms with Crippen molar-refractivity contribution in [2.24, 2.45) is 0 Å². The summed E-state index contributed by atoms with van der Waals surface area (Å²) in [6, 6.07) is 0. The zero-order valence-corrected chi connectivity index (χ0v) is 11.2. The third kappa shape index (κ3) is 6.54. The highest BCUT2D eigenvalue weighted by atomic mass is 14.2. The Labute approximate surface area is 96.5 Å². The summed E-state index contributed by atoms with van der Waals surface area (Å²) >= 11 is 0. The molecule has 1 saturated carbocycles. The van der Waals surface area contributed by atoms with Crippen molar-refractivity contribution in [2.45, 2.75) is 72.6 Å². The number of unbranched alkanes of at least 4 members (excludes halogenated alkanes) is 3. The van der Waals surface area contributed by atoms with E-state index in [0.29, 0.717) is 0 Å². The number of rotatable bonds is 4. The smallest absolute Gasteiger partial charge is 0.0311 e. The van der Waals surface area contributed by atoms with Gasteiger partial charge in [-0.2, -0.15) is 0 Å². The molecule has 0 N–H and O–H groups in total. The van der Waals surface area contributed by atoms with Gasteiger partial charge in [0.15, 0.2) is 0 Å². The second-order valence-corrected chi connectivity index (χ2v) is 4.57. The Morgan fingerprint density at radius 2 is 1.53 bits per heavy atom. The molecule has 0 aromatic heterocycles. The lowest BCUT2D eigenvalue weighted by molar-refractivity contribution is 0.652. The van der Waals surface area contributed by atoms with Crippen molar-refractivity contribution < 1.29 is 0 Å². The van der Waals surface area contributed by atoms with Gasteiger partial charge < -0.3 is 0 Å². The predicted molar refractivity (Wildman–Crippen MR) is 71.2 cm³/mol. The Morgan fingerprint density at radius 1 is 1.07 bits per heavy atom. The molecule has 0 nitrogen and oxygen atoms in total. The van der Waals surface area contributed by atoms with Crippen LogP contribution in [-0.2, 0) is 0 Å². The first-order valence-corrected chi connectivity index (χ1v) is 6.47. The molecular formula is C15H28. The Balaban J connectivity index is 0.000000288. The van der Waals surface area contributed by atoms with Crippen LogP contribution in [0.5, 0.6) is 0 Å². The molecule has 0 bridgehead atoms. The maximum Gasteiger partial charge on any atom is -0.0311 e. The molecule has 15 heavy (non-hydrogen) atoms. The van der Waals surface area contributed by atoms with E-state index in [4.69, 9.17) is 0 Å². The van der Waals surface area contributed by atoms with Gasteiger partial charge in [-0.3, -0.25) is 0 Å². The second kappa shape index (κ2) is 8.76. The fourth-order valence-electron chi connectivity index (χ4n) is 1.53. The highest BCUT2D eigenvalue weighted by molar-refractivity contribution is 5.32. The van der Waals surface area contributed by atoms with E-state index in [1.165, 1.54) is 56.1 Å². The highest BCUT2D eigenvalue weighted by Crippen LogP contribution is 2.30. The van der Waals surface area contributed by atoms with Crippen LogP contribution in [-0.4, -0.2) is 0 Å². The molecule has 0 radical (unpaired) electrons. The molecule has 0 saturated heterocycles. The number of allylic oxidation sites excluding steroid dienone is 3. The lowest BCUT2D eigenvalue weighted by Gasteiger charge is -2.19. The van der Waals surface area contributed by atoms with Gasteiger partial charge in [-0.05, 0) is 38.7 Å². The van der Waals surface area contributed by atoms with Crippen LogP contribution in [0.15, 0.2) is 23.3 Å². The van der Waals surface area contributed by atoms with Gasteiger partial charge in [0.2, 0.25) is 0 Å². The van der Waals surface area contributed by atoms with Gasteiger partial charge in [0.05, 0.1) is 0 Å². The average molecular weight is 208 g/mol. The SMILES string of the molecule is C=C(C)C(C)=C1CCC1.CCCCCC. The van der Waals surface area contributed by atoms with Crippen LogP contribution in [0.2, 0.25) is 0 Å². The predicted octanol–water partition coefficient (Wildman–Crippen LogP) is 5.65. The van der Waals surface area contributed by atoms with E-state index >= 15 is 0 Å². The Hall–Kier alpha value is -0.520. The van der Waals surface area contributed by atoms with Crippen LogP contribution in [0.4, 0.5) is 0 Å². The molecule has 1 fully saturated rings. The van der Waals surface area contributed by atoms with Crippen LogP contribution in [0, 0.1) is 0 Å². The normalized spacial score (nSPS) is 13.7. The van der Waals surface area contributed by atoms with E-state index in [1.54, 1.807) is 5.57 Å². The van der Waals surface area contributed by atoms with Crippen LogP contribution in [0.25, 0.3) is 0 Å². The monoisotopic (exact) mass is 208 g/mol. The van der Waals surface area contributed by atoms with E-state index in [-0.39, 0.29) is 0 Å². The van der Waals surface area contributed by atoms with E-state index in [1.807, 2.05) is 0 Å². The molecular weight excluding hydrogens is 180 g/mol. The summed E-state index contributed by atoms with van der Waals surface area (Å²) in [6.07, 6.45) is 9.56. The average Bonchev–Trinajstić information content (AvgIpc) is 2.13. The largest absolute Gasteiger partial charge is 0.0959 e. The molecule has 0 amide bonds. The molecule has 1 aliphatic rings. The standard InChI is InChI=1S/C9H14.C6H14/c1-7(2)8(3)9-5-4-6-9;1-3-5-6-4-2/h1,4-6H2,2-3H3;3-6H2,1-2H3. The Morgan fingerprint density at radius 3 is 1.67 bits per heavy atom. The van der Waals surface area contributed by atoms with Crippen LogP contribution < -0.4 is 0 Å². The van der Waals surface area contributed by atoms with Crippen molar-refractivity contribution in [3.05, 3.63) is 23.3 Å². The first kappa shape index (κ1) is 14.5.